The molecule has 134 valence electrons. The molecule has 1 N–H and O–H groups in total. The van der Waals surface area contributed by atoms with Gasteiger partial charge >= 0.3 is 5.97 Å². The van der Waals surface area contributed by atoms with Crippen molar-refractivity contribution in [2.45, 2.75) is 0 Å². The molecule has 27 heavy (non-hydrogen) atoms. The number of nitrogens with one attached hydrogen (secondary N) is 1. The third kappa shape index (κ3) is 3.70. The van der Waals surface area contributed by atoms with Crippen molar-refractivity contribution in [1.82, 2.24) is 9.97 Å². The van der Waals surface area contributed by atoms with Crippen LogP contribution in [0.3, 0.4) is 0 Å². The zero-order chi connectivity index (χ0) is 18.6. The minimum Gasteiger partial charge on any atom is -0.452 e. The lowest BCUT2D eigenvalue weighted by Crippen LogP contribution is -2.21. The highest BCUT2D eigenvalue weighted by atomic mass is 32.1. The summed E-state index contributed by atoms with van der Waals surface area (Å²) in [6.07, 6.45) is 1.57. The van der Waals surface area contributed by atoms with Gasteiger partial charge in [-0.05, 0) is 24.3 Å². The molecule has 1 amide bonds. The molecular formula is C19H13N3O4S. The second-order valence-electron chi connectivity index (χ2n) is 5.49. The van der Waals surface area contributed by atoms with Gasteiger partial charge in [-0.2, -0.15) is 0 Å². The quantitative estimate of drug-likeness (QED) is 0.531. The summed E-state index contributed by atoms with van der Waals surface area (Å²) in [5.74, 6) is -0.782. The minimum absolute atomic E-state index is 0.270. The fraction of sp³-hybridized carbons (Fsp3) is 0.0526. The zero-order valence-electron chi connectivity index (χ0n) is 13.9. The molecule has 2 aromatic heterocycles. The maximum Gasteiger partial charge on any atom is 0.339 e. The summed E-state index contributed by atoms with van der Waals surface area (Å²) in [4.78, 5) is 32.7. The molecule has 0 aliphatic heterocycles. The fourth-order valence-corrected chi connectivity index (χ4v) is 3.03. The average Bonchev–Trinajstić information content (AvgIpc) is 3.35. The molecule has 0 saturated heterocycles. The van der Waals surface area contributed by atoms with Gasteiger partial charge in [0, 0.05) is 11.6 Å². The Bertz CT molecular complexity index is 1070. The Morgan fingerprint density at radius 1 is 1.11 bits per heavy atom. The van der Waals surface area contributed by atoms with Crippen LogP contribution in [0.1, 0.15) is 10.4 Å². The van der Waals surface area contributed by atoms with Crippen LogP contribution in [0.4, 0.5) is 5.13 Å². The highest BCUT2D eigenvalue weighted by molar-refractivity contribution is 7.13. The van der Waals surface area contributed by atoms with E-state index in [9.17, 15) is 9.59 Å². The van der Waals surface area contributed by atoms with Crippen LogP contribution in [-0.2, 0) is 9.53 Å². The standard InChI is InChI=1S/C19H13N3O4S/c23-16(22-19-20-9-10-27-19)11-25-18(24)13-6-2-1-5-12(13)17-21-14-7-3-4-8-15(14)26-17/h1-10H,11H2,(H,20,22,23). The monoisotopic (exact) mass is 379 g/mol. The number of carbonyl (C=O) groups excluding carboxylic acids is 2. The highest BCUT2D eigenvalue weighted by Gasteiger charge is 2.19. The largest absolute Gasteiger partial charge is 0.452 e. The van der Waals surface area contributed by atoms with Gasteiger partial charge in [0.1, 0.15) is 5.52 Å². The van der Waals surface area contributed by atoms with Crippen LogP contribution in [0, 0.1) is 0 Å². The number of carbonyl (C=O) groups is 2. The number of aromatic nitrogens is 2. The number of para-hydroxylation sites is 2. The Balaban J connectivity index is 1.51. The predicted molar refractivity (Wildman–Crippen MR) is 100 cm³/mol. The SMILES string of the molecule is O=C(COC(=O)c1ccccc1-c1nc2ccccc2o1)Nc1nccs1. The number of hydrogen-bond donors (Lipinski definition) is 1. The van der Waals surface area contributed by atoms with E-state index in [0.717, 1.165) is 0 Å². The number of esters is 1. The first-order valence-electron chi connectivity index (χ1n) is 8.02. The van der Waals surface area contributed by atoms with Gasteiger partial charge in [-0.25, -0.2) is 14.8 Å². The lowest BCUT2D eigenvalue weighted by atomic mass is 10.1. The van der Waals surface area contributed by atoms with Crippen molar-refractivity contribution in [3.8, 4) is 11.5 Å². The minimum atomic E-state index is -0.637. The number of nitrogens with zero attached hydrogens (tertiary/aromatic N) is 2. The molecule has 4 rings (SSSR count). The summed E-state index contributed by atoms with van der Waals surface area (Å²) in [6, 6.07) is 14.1. The molecular weight excluding hydrogens is 366 g/mol. The first-order valence-corrected chi connectivity index (χ1v) is 8.90. The molecule has 4 aromatic rings. The third-order valence-corrected chi connectivity index (χ3v) is 4.37. The van der Waals surface area contributed by atoms with Gasteiger partial charge in [-0.3, -0.25) is 10.1 Å². The summed E-state index contributed by atoms with van der Waals surface area (Å²) in [7, 11) is 0. The van der Waals surface area contributed by atoms with Gasteiger partial charge in [0.25, 0.3) is 5.91 Å². The van der Waals surface area contributed by atoms with Crippen LogP contribution in [0.2, 0.25) is 0 Å². The van der Waals surface area contributed by atoms with E-state index in [4.69, 9.17) is 9.15 Å². The second-order valence-corrected chi connectivity index (χ2v) is 6.39. The number of ether oxygens (including phenoxy) is 1. The molecule has 7 nitrogen and oxygen atoms in total. The number of amides is 1. The highest BCUT2D eigenvalue weighted by Crippen LogP contribution is 2.27. The van der Waals surface area contributed by atoms with Crippen molar-refractivity contribution in [1.29, 1.82) is 0 Å². The van der Waals surface area contributed by atoms with Gasteiger partial charge in [0.05, 0.1) is 11.1 Å². The van der Waals surface area contributed by atoms with E-state index < -0.39 is 18.5 Å². The first kappa shape index (κ1) is 16.9. The Morgan fingerprint density at radius 3 is 2.74 bits per heavy atom. The Morgan fingerprint density at radius 2 is 1.93 bits per heavy atom. The molecule has 2 heterocycles. The van der Waals surface area contributed by atoms with Crippen LogP contribution >= 0.6 is 11.3 Å². The summed E-state index contributed by atoms with van der Waals surface area (Å²) >= 11 is 1.28. The maximum absolute atomic E-state index is 12.5. The van der Waals surface area contributed by atoms with E-state index in [1.54, 1.807) is 41.9 Å². The molecule has 0 spiro atoms. The third-order valence-electron chi connectivity index (χ3n) is 3.68. The van der Waals surface area contributed by atoms with E-state index >= 15 is 0 Å². The van der Waals surface area contributed by atoms with Crippen molar-refractivity contribution in [3.05, 3.63) is 65.7 Å². The number of rotatable bonds is 5. The van der Waals surface area contributed by atoms with Crippen LogP contribution in [-0.4, -0.2) is 28.5 Å². The number of fused-ring (bicyclic) bond motifs is 1. The van der Waals surface area contributed by atoms with Crippen LogP contribution in [0.5, 0.6) is 0 Å². The summed E-state index contributed by atoms with van der Waals surface area (Å²) in [5.41, 5.74) is 2.09. The second kappa shape index (κ2) is 7.38. The topological polar surface area (TPSA) is 94.3 Å². The van der Waals surface area contributed by atoms with Crippen LogP contribution in [0.25, 0.3) is 22.6 Å². The van der Waals surface area contributed by atoms with Gasteiger partial charge in [0.15, 0.2) is 17.3 Å². The van der Waals surface area contributed by atoms with Crippen molar-refractivity contribution in [2.24, 2.45) is 0 Å². The van der Waals surface area contributed by atoms with E-state index in [1.165, 1.54) is 11.3 Å². The van der Waals surface area contributed by atoms with Gasteiger partial charge in [-0.15, -0.1) is 11.3 Å². The van der Waals surface area contributed by atoms with Gasteiger partial charge in [0.2, 0.25) is 5.89 Å². The molecule has 2 aromatic carbocycles. The lowest BCUT2D eigenvalue weighted by molar-refractivity contribution is -0.119. The molecule has 0 fully saturated rings. The van der Waals surface area contributed by atoms with Crippen LogP contribution in [0.15, 0.2) is 64.5 Å². The summed E-state index contributed by atoms with van der Waals surface area (Å²) in [6.45, 7) is -0.416. The summed E-state index contributed by atoms with van der Waals surface area (Å²) in [5, 5.41) is 4.73. The molecule has 8 heteroatoms. The lowest BCUT2D eigenvalue weighted by Gasteiger charge is -2.07. The van der Waals surface area contributed by atoms with Crippen LogP contribution < -0.4 is 5.32 Å². The first-order chi connectivity index (χ1) is 13.2. The molecule has 0 unspecified atom stereocenters. The van der Waals surface area contributed by atoms with E-state index in [1.807, 2.05) is 18.2 Å². The number of thiazole rings is 1. The van der Waals surface area contributed by atoms with E-state index in [2.05, 4.69) is 15.3 Å². The number of oxazole rings is 1. The van der Waals surface area contributed by atoms with E-state index in [-0.39, 0.29) is 5.56 Å². The van der Waals surface area contributed by atoms with Crippen molar-refractivity contribution >= 4 is 39.4 Å². The maximum atomic E-state index is 12.5. The molecule has 0 aliphatic rings. The fourth-order valence-electron chi connectivity index (χ4n) is 2.48. The number of hydrogen-bond acceptors (Lipinski definition) is 7. The molecule has 0 saturated carbocycles. The van der Waals surface area contributed by atoms with Gasteiger partial charge < -0.3 is 9.15 Å². The number of benzene rings is 2. The Labute approximate surface area is 157 Å². The number of anilines is 1. The summed E-state index contributed by atoms with van der Waals surface area (Å²) < 4.78 is 10.9. The predicted octanol–water partition coefficient (Wildman–Crippen LogP) is 3.75. The molecule has 0 atom stereocenters. The van der Waals surface area contributed by atoms with Gasteiger partial charge in [-0.1, -0.05) is 24.3 Å². The molecule has 0 radical (unpaired) electrons. The molecule has 0 aliphatic carbocycles. The Kier molecular flexibility index (Phi) is 4.63. The molecule has 0 bridgehead atoms. The van der Waals surface area contributed by atoms with Crippen molar-refractivity contribution in [3.63, 3.8) is 0 Å². The van der Waals surface area contributed by atoms with Crippen molar-refractivity contribution in [2.75, 3.05) is 11.9 Å². The average molecular weight is 379 g/mol. The smallest absolute Gasteiger partial charge is 0.339 e. The normalized spacial score (nSPS) is 10.7. The Hall–Kier alpha value is -3.52. The van der Waals surface area contributed by atoms with E-state index in [0.29, 0.717) is 27.7 Å². The van der Waals surface area contributed by atoms with Crippen molar-refractivity contribution < 1.29 is 18.7 Å². The zero-order valence-corrected chi connectivity index (χ0v) is 14.7.